The molecule has 1 N–H and O–H groups in total. The number of hydrogen-bond donors (Lipinski definition) is 1. The molecule has 1 atom stereocenters. The summed E-state index contributed by atoms with van der Waals surface area (Å²) in [6, 6.07) is 7.84. The molecule has 6 heteroatoms. The van der Waals surface area contributed by atoms with E-state index in [0.717, 1.165) is 25.7 Å². The Morgan fingerprint density at radius 3 is 2.26 bits per heavy atom. The number of ether oxygens (including phenoxy) is 1. The van der Waals surface area contributed by atoms with Crippen molar-refractivity contribution < 1.29 is 14.3 Å². The molecule has 2 fully saturated rings. The summed E-state index contributed by atoms with van der Waals surface area (Å²) in [5, 5.41) is 3.05. The van der Waals surface area contributed by atoms with E-state index < -0.39 is 12.1 Å². The van der Waals surface area contributed by atoms with E-state index in [-0.39, 0.29) is 11.9 Å². The Balaban J connectivity index is 1.50. The summed E-state index contributed by atoms with van der Waals surface area (Å²) < 4.78 is 5.85. The van der Waals surface area contributed by atoms with Gasteiger partial charge in [-0.2, -0.15) is 0 Å². The van der Waals surface area contributed by atoms with E-state index in [9.17, 15) is 9.59 Å². The number of carbonyl (C=O) groups is 2. The van der Waals surface area contributed by atoms with Crippen molar-refractivity contribution in [2.75, 3.05) is 11.5 Å². The zero-order chi connectivity index (χ0) is 19.1. The Morgan fingerprint density at radius 2 is 1.63 bits per heavy atom. The van der Waals surface area contributed by atoms with Gasteiger partial charge in [0.2, 0.25) is 0 Å². The fourth-order valence-corrected chi connectivity index (χ4v) is 6.38. The van der Waals surface area contributed by atoms with Gasteiger partial charge in [-0.15, -0.1) is 23.5 Å². The average Bonchev–Trinajstić information content (AvgIpc) is 2.97. The van der Waals surface area contributed by atoms with E-state index in [2.05, 4.69) is 5.32 Å². The first kappa shape index (κ1) is 20.6. The SMILES string of the molecule is C[C@H](OC(=O)c1ccc(C2SCCCS2)cc1)C(=O)NC1CCCCCC1. The summed E-state index contributed by atoms with van der Waals surface area (Å²) >= 11 is 3.91. The Kier molecular flexibility index (Phi) is 7.94. The van der Waals surface area contributed by atoms with Gasteiger partial charge in [0.15, 0.2) is 6.10 Å². The number of rotatable bonds is 5. The summed E-state index contributed by atoms with van der Waals surface area (Å²) in [6.07, 6.45) is 7.32. The van der Waals surface area contributed by atoms with Crippen molar-refractivity contribution in [3.63, 3.8) is 0 Å². The normalized spacial score (nSPS) is 20.5. The van der Waals surface area contributed by atoms with E-state index in [0.29, 0.717) is 10.1 Å². The maximum atomic E-state index is 12.4. The summed E-state index contributed by atoms with van der Waals surface area (Å²) in [5.74, 6) is 1.75. The zero-order valence-corrected chi connectivity index (χ0v) is 17.6. The molecule has 1 aromatic carbocycles. The Morgan fingerprint density at radius 1 is 1.00 bits per heavy atom. The lowest BCUT2D eigenvalue weighted by atomic mass is 10.1. The van der Waals surface area contributed by atoms with Gasteiger partial charge in [-0.05, 0) is 55.4 Å². The van der Waals surface area contributed by atoms with Crippen LogP contribution in [0.1, 0.15) is 72.4 Å². The molecule has 1 aromatic rings. The molecule has 1 saturated carbocycles. The topological polar surface area (TPSA) is 55.4 Å². The maximum absolute atomic E-state index is 12.4. The van der Waals surface area contributed by atoms with E-state index in [4.69, 9.17) is 4.74 Å². The fraction of sp³-hybridized carbons (Fsp3) is 0.619. The van der Waals surface area contributed by atoms with E-state index in [1.807, 2.05) is 47.8 Å². The van der Waals surface area contributed by atoms with Crippen molar-refractivity contribution in [2.24, 2.45) is 0 Å². The Labute approximate surface area is 170 Å². The molecule has 0 bridgehead atoms. The van der Waals surface area contributed by atoms with Crippen molar-refractivity contribution in [1.82, 2.24) is 5.32 Å². The van der Waals surface area contributed by atoms with Crippen LogP contribution in [0.5, 0.6) is 0 Å². The molecule has 0 radical (unpaired) electrons. The van der Waals surface area contributed by atoms with Crippen LogP contribution in [0.15, 0.2) is 24.3 Å². The predicted octanol–water partition coefficient (Wildman–Crippen LogP) is 4.94. The second-order valence-corrected chi connectivity index (χ2v) is 10.0. The molecule has 148 valence electrons. The second kappa shape index (κ2) is 10.4. The van der Waals surface area contributed by atoms with Gasteiger partial charge in [-0.25, -0.2) is 4.79 Å². The lowest BCUT2D eigenvalue weighted by Crippen LogP contribution is -2.41. The molecule has 3 rings (SSSR count). The fourth-order valence-electron chi connectivity index (χ4n) is 3.48. The monoisotopic (exact) mass is 407 g/mol. The summed E-state index contributed by atoms with van der Waals surface area (Å²) in [7, 11) is 0. The van der Waals surface area contributed by atoms with Gasteiger partial charge in [0, 0.05) is 6.04 Å². The van der Waals surface area contributed by atoms with Gasteiger partial charge in [0.25, 0.3) is 5.91 Å². The van der Waals surface area contributed by atoms with Crippen molar-refractivity contribution >= 4 is 35.4 Å². The minimum Gasteiger partial charge on any atom is -0.449 e. The van der Waals surface area contributed by atoms with Gasteiger partial charge in [-0.3, -0.25) is 4.79 Å². The first-order chi connectivity index (χ1) is 13.1. The van der Waals surface area contributed by atoms with Crippen LogP contribution in [0.3, 0.4) is 0 Å². The number of hydrogen-bond acceptors (Lipinski definition) is 5. The largest absolute Gasteiger partial charge is 0.449 e. The molecule has 1 heterocycles. The average molecular weight is 408 g/mol. The highest BCUT2D eigenvalue weighted by Gasteiger charge is 2.23. The third-order valence-corrected chi connectivity index (χ3v) is 8.12. The number of nitrogens with one attached hydrogen (secondary N) is 1. The molecule has 1 aliphatic heterocycles. The van der Waals surface area contributed by atoms with E-state index in [1.54, 1.807) is 6.92 Å². The van der Waals surface area contributed by atoms with Crippen molar-refractivity contribution in [2.45, 2.75) is 68.6 Å². The molecular formula is C21H29NO3S2. The zero-order valence-electron chi connectivity index (χ0n) is 15.9. The number of benzene rings is 1. The second-order valence-electron chi connectivity index (χ2n) is 7.29. The van der Waals surface area contributed by atoms with Crippen LogP contribution in [0.2, 0.25) is 0 Å². The van der Waals surface area contributed by atoms with Crippen LogP contribution in [0.4, 0.5) is 0 Å². The number of carbonyl (C=O) groups excluding carboxylic acids is 2. The molecule has 0 unspecified atom stereocenters. The van der Waals surface area contributed by atoms with Crippen LogP contribution >= 0.6 is 23.5 Å². The Bertz CT molecular complexity index is 621. The standard InChI is InChI=1S/C21H29NO3S2/c1-15(19(23)22-18-7-4-2-3-5-8-18)25-20(24)16-9-11-17(12-10-16)21-26-13-6-14-27-21/h9-12,15,18,21H,2-8,13-14H2,1H3,(H,22,23)/t15-/m0/s1. The third-order valence-electron chi connectivity index (χ3n) is 5.10. The van der Waals surface area contributed by atoms with Crippen molar-refractivity contribution in [3.8, 4) is 0 Å². The van der Waals surface area contributed by atoms with E-state index >= 15 is 0 Å². The van der Waals surface area contributed by atoms with Crippen LogP contribution in [-0.2, 0) is 9.53 Å². The summed E-state index contributed by atoms with van der Waals surface area (Å²) in [4.78, 5) is 24.7. The lowest BCUT2D eigenvalue weighted by molar-refractivity contribution is -0.129. The van der Waals surface area contributed by atoms with Crippen LogP contribution in [0.25, 0.3) is 0 Å². The number of amides is 1. The quantitative estimate of drug-likeness (QED) is 0.553. The van der Waals surface area contributed by atoms with Crippen molar-refractivity contribution in [3.05, 3.63) is 35.4 Å². The molecule has 2 aliphatic rings. The maximum Gasteiger partial charge on any atom is 0.338 e. The summed E-state index contributed by atoms with van der Waals surface area (Å²) in [6.45, 7) is 1.65. The van der Waals surface area contributed by atoms with E-state index in [1.165, 1.54) is 36.3 Å². The predicted molar refractivity (Wildman–Crippen MR) is 113 cm³/mol. The van der Waals surface area contributed by atoms with Crippen LogP contribution in [-0.4, -0.2) is 35.5 Å². The highest BCUT2D eigenvalue weighted by atomic mass is 32.2. The molecule has 0 spiro atoms. The van der Waals surface area contributed by atoms with Crippen LogP contribution < -0.4 is 5.32 Å². The molecular weight excluding hydrogens is 378 g/mol. The van der Waals surface area contributed by atoms with Crippen LogP contribution in [0, 0.1) is 0 Å². The first-order valence-electron chi connectivity index (χ1n) is 9.98. The molecule has 1 amide bonds. The number of esters is 1. The number of thioether (sulfide) groups is 2. The molecule has 1 aliphatic carbocycles. The minimum atomic E-state index is -0.773. The lowest BCUT2D eigenvalue weighted by Gasteiger charge is -2.21. The van der Waals surface area contributed by atoms with Gasteiger partial charge in [0.05, 0.1) is 10.1 Å². The highest BCUT2D eigenvalue weighted by Crippen LogP contribution is 2.43. The minimum absolute atomic E-state index is 0.193. The van der Waals surface area contributed by atoms with Crippen molar-refractivity contribution in [1.29, 1.82) is 0 Å². The first-order valence-corrected chi connectivity index (χ1v) is 12.1. The molecule has 4 nitrogen and oxygen atoms in total. The third kappa shape index (κ3) is 6.18. The Hall–Kier alpha value is -1.14. The molecule has 1 saturated heterocycles. The smallest absolute Gasteiger partial charge is 0.338 e. The van der Waals surface area contributed by atoms with Gasteiger partial charge in [0.1, 0.15) is 0 Å². The summed E-state index contributed by atoms with van der Waals surface area (Å²) in [5.41, 5.74) is 1.74. The molecule has 27 heavy (non-hydrogen) atoms. The van der Waals surface area contributed by atoms with Gasteiger partial charge in [-0.1, -0.05) is 37.8 Å². The van der Waals surface area contributed by atoms with Gasteiger partial charge >= 0.3 is 5.97 Å². The van der Waals surface area contributed by atoms with Gasteiger partial charge < -0.3 is 10.1 Å². The molecule has 0 aromatic heterocycles. The highest BCUT2D eigenvalue weighted by molar-refractivity contribution is 8.16.